The van der Waals surface area contributed by atoms with Crippen molar-refractivity contribution in [1.82, 2.24) is 20.9 Å². The average Bonchev–Trinajstić information content (AvgIpc) is 2.93. The second kappa shape index (κ2) is 5.45. The lowest BCUT2D eigenvalue weighted by molar-refractivity contribution is 0.175. The molecule has 0 spiro atoms. The van der Waals surface area contributed by atoms with Crippen LogP contribution in [0.3, 0.4) is 0 Å². The topological polar surface area (TPSA) is 56.4 Å². The number of nitrogens with one attached hydrogen (secondary N) is 3. The minimum absolute atomic E-state index is 0.153. The molecule has 18 heavy (non-hydrogen) atoms. The fourth-order valence-electron chi connectivity index (χ4n) is 3.55. The van der Waals surface area contributed by atoms with Gasteiger partial charge in [0.05, 0.1) is 0 Å². The Balaban J connectivity index is 1.54. The van der Waals surface area contributed by atoms with Gasteiger partial charge in [0, 0.05) is 31.2 Å². The molecular weight excluding hydrogens is 228 g/mol. The Bertz CT molecular complexity index is 289. The van der Waals surface area contributed by atoms with Crippen LogP contribution in [0.25, 0.3) is 0 Å². The van der Waals surface area contributed by atoms with Crippen molar-refractivity contribution in [2.24, 2.45) is 0 Å². The van der Waals surface area contributed by atoms with Gasteiger partial charge in [0.2, 0.25) is 0 Å². The summed E-state index contributed by atoms with van der Waals surface area (Å²) in [6.45, 7) is 3.89. The first-order chi connectivity index (χ1) is 8.84. The molecule has 0 aromatic heterocycles. The van der Waals surface area contributed by atoms with Crippen molar-refractivity contribution in [3.05, 3.63) is 0 Å². The van der Waals surface area contributed by atoms with Crippen LogP contribution in [0.15, 0.2) is 0 Å². The summed E-state index contributed by atoms with van der Waals surface area (Å²) in [4.78, 5) is 14.4. The number of amides is 2. The minimum atomic E-state index is 0.153. The van der Waals surface area contributed by atoms with Crippen molar-refractivity contribution in [3.63, 3.8) is 0 Å². The lowest BCUT2D eigenvalue weighted by atomic mass is 10.1. The molecule has 3 fully saturated rings. The number of rotatable bonds is 2. The van der Waals surface area contributed by atoms with E-state index in [9.17, 15) is 4.79 Å². The maximum atomic E-state index is 12.3. The third kappa shape index (κ3) is 2.47. The van der Waals surface area contributed by atoms with Gasteiger partial charge >= 0.3 is 6.03 Å². The maximum Gasteiger partial charge on any atom is 0.317 e. The van der Waals surface area contributed by atoms with Gasteiger partial charge in [-0.15, -0.1) is 0 Å². The molecule has 5 nitrogen and oxygen atoms in total. The van der Waals surface area contributed by atoms with Crippen LogP contribution in [0.4, 0.5) is 4.79 Å². The summed E-state index contributed by atoms with van der Waals surface area (Å²) in [6, 6.07) is 1.51. The highest BCUT2D eigenvalue weighted by Crippen LogP contribution is 2.27. The highest BCUT2D eigenvalue weighted by molar-refractivity contribution is 5.75. The Morgan fingerprint density at radius 1 is 1.17 bits per heavy atom. The van der Waals surface area contributed by atoms with Gasteiger partial charge in [0.1, 0.15) is 0 Å². The fraction of sp³-hybridized carbons (Fsp3) is 0.923. The third-order valence-electron chi connectivity index (χ3n) is 4.55. The molecule has 3 unspecified atom stereocenters. The lowest BCUT2D eigenvalue weighted by Crippen LogP contribution is -2.50. The van der Waals surface area contributed by atoms with E-state index in [1.54, 1.807) is 0 Å². The molecule has 2 amide bonds. The van der Waals surface area contributed by atoms with Crippen molar-refractivity contribution in [1.29, 1.82) is 0 Å². The van der Waals surface area contributed by atoms with E-state index in [2.05, 4.69) is 20.9 Å². The monoisotopic (exact) mass is 252 g/mol. The maximum absolute atomic E-state index is 12.3. The molecule has 3 aliphatic rings. The lowest BCUT2D eigenvalue weighted by Gasteiger charge is -2.28. The Kier molecular flexibility index (Phi) is 3.70. The Labute approximate surface area is 109 Å². The molecule has 2 bridgehead atoms. The molecule has 5 heteroatoms. The number of nitrogens with zero attached hydrogens (tertiary/aromatic N) is 1. The third-order valence-corrected chi connectivity index (χ3v) is 4.55. The van der Waals surface area contributed by atoms with E-state index in [-0.39, 0.29) is 6.03 Å². The van der Waals surface area contributed by atoms with Gasteiger partial charge in [-0.3, -0.25) is 0 Å². The Hall–Kier alpha value is -0.810. The van der Waals surface area contributed by atoms with Crippen LogP contribution in [0, 0.1) is 0 Å². The van der Waals surface area contributed by atoms with Gasteiger partial charge in [-0.05, 0) is 45.2 Å². The summed E-state index contributed by atoms with van der Waals surface area (Å²) < 4.78 is 0. The Morgan fingerprint density at radius 3 is 2.89 bits per heavy atom. The van der Waals surface area contributed by atoms with E-state index < -0.39 is 0 Å². The van der Waals surface area contributed by atoms with E-state index in [1.807, 2.05) is 0 Å². The van der Waals surface area contributed by atoms with Crippen molar-refractivity contribution >= 4 is 6.03 Å². The zero-order chi connectivity index (χ0) is 12.4. The molecule has 3 atom stereocenters. The molecule has 0 aromatic carbocycles. The number of urea groups is 1. The highest BCUT2D eigenvalue weighted by Gasteiger charge is 2.38. The predicted molar refractivity (Wildman–Crippen MR) is 70.6 cm³/mol. The van der Waals surface area contributed by atoms with Crippen LogP contribution in [-0.2, 0) is 0 Å². The number of hydrogen-bond acceptors (Lipinski definition) is 3. The summed E-state index contributed by atoms with van der Waals surface area (Å²) in [5.41, 5.74) is 0. The molecule has 3 heterocycles. The summed E-state index contributed by atoms with van der Waals surface area (Å²) in [5, 5.41) is 9.97. The fourth-order valence-corrected chi connectivity index (χ4v) is 3.55. The molecule has 3 rings (SSSR count). The van der Waals surface area contributed by atoms with Gasteiger partial charge in [-0.25, -0.2) is 4.79 Å². The SMILES string of the molecule is O=C(NCC1CCCN1)N1C2CCNCC1CC2. The van der Waals surface area contributed by atoms with Gasteiger partial charge < -0.3 is 20.9 Å². The quantitative estimate of drug-likeness (QED) is 0.661. The molecule has 3 aliphatic heterocycles. The summed E-state index contributed by atoms with van der Waals surface area (Å²) in [5.74, 6) is 0. The smallest absolute Gasteiger partial charge is 0.317 e. The van der Waals surface area contributed by atoms with E-state index in [4.69, 9.17) is 0 Å². The van der Waals surface area contributed by atoms with Crippen LogP contribution in [0.5, 0.6) is 0 Å². The largest absolute Gasteiger partial charge is 0.336 e. The molecule has 0 aliphatic carbocycles. The summed E-state index contributed by atoms with van der Waals surface area (Å²) >= 11 is 0. The standard InChI is InChI=1S/C13H24N4O/c18-13(16-8-10-2-1-6-15-10)17-11-3-4-12(17)9-14-7-5-11/h10-12,14-15H,1-9H2,(H,16,18). The molecular formula is C13H24N4O. The first-order valence-electron chi connectivity index (χ1n) is 7.35. The zero-order valence-electron chi connectivity index (χ0n) is 11.0. The summed E-state index contributed by atoms with van der Waals surface area (Å²) in [6.07, 6.45) is 5.87. The van der Waals surface area contributed by atoms with Crippen LogP contribution in [-0.4, -0.2) is 55.2 Å². The van der Waals surface area contributed by atoms with Crippen molar-refractivity contribution in [2.45, 2.75) is 50.2 Å². The first kappa shape index (κ1) is 12.2. The minimum Gasteiger partial charge on any atom is -0.336 e. The Morgan fingerprint density at radius 2 is 2.06 bits per heavy atom. The van der Waals surface area contributed by atoms with Gasteiger partial charge in [-0.2, -0.15) is 0 Å². The van der Waals surface area contributed by atoms with E-state index in [1.165, 1.54) is 19.3 Å². The van der Waals surface area contributed by atoms with Gasteiger partial charge in [0.25, 0.3) is 0 Å². The highest BCUT2D eigenvalue weighted by atomic mass is 16.2. The summed E-state index contributed by atoms with van der Waals surface area (Å²) in [7, 11) is 0. The normalized spacial score (nSPS) is 35.6. The number of carbonyl (C=O) groups is 1. The number of fused-ring (bicyclic) bond motifs is 2. The second-order valence-electron chi connectivity index (χ2n) is 5.76. The first-order valence-corrected chi connectivity index (χ1v) is 7.35. The van der Waals surface area contributed by atoms with Crippen LogP contribution < -0.4 is 16.0 Å². The van der Waals surface area contributed by atoms with Crippen molar-refractivity contribution in [3.8, 4) is 0 Å². The molecule has 0 saturated carbocycles. The van der Waals surface area contributed by atoms with E-state index in [0.717, 1.165) is 39.0 Å². The van der Waals surface area contributed by atoms with Crippen LogP contribution in [0.1, 0.15) is 32.1 Å². The van der Waals surface area contributed by atoms with E-state index >= 15 is 0 Å². The van der Waals surface area contributed by atoms with Crippen molar-refractivity contribution in [2.75, 3.05) is 26.2 Å². The molecule has 3 N–H and O–H groups in total. The predicted octanol–water partition coefficient (Wildman–Crippen LogP) is 0.274. The number of hydrogen-bond donors (Lipinski definition) is 3. The number of carbonyl (C=O) groups excluding carboxylic acids is 1. The van der Waals surface area contributed by atoms with Crippen molar-refractivity contribution < 1.29 is 4.79 Å². The molecule has 0 aromatic rings. The average molecular weight is 252 g/mol. The van der Waals surface area contributed by atoms with Gasteiger partial charge in [-0.1, -0.05) is 0 Å². The molecule has 102 valence electrons. The van der Waals surface area contributed by atoms with Crippen LogP contribution >= 0.6 is 0 Å². The van der Waals surface area contributed by atoms with Crippen LogP contribution in [0.2, 0.25) is 0 Å². The molecule has 3 saturated heterocycles. The zero-order valence-corrected chi connectivity index (χ0v) is 11.0. The molecule has 0 radical (unpaired) electrons. The second-order valence-corrected chi connectivity index (χ2v) is 5.76. The van der Waals surface area contributed by atoms with E-state index in [0.29, 0.717) is 18.1 Å². The van der Waals surface area contributed by atoms with Gasteiger partial charge in [0.15, 0.2) is 0 Å².